The molecular formula is C24H31N3O5. The number of likely N-dealkylation sites (tertiary alicyclic amines) is 1. The molecule has 0 saturated carbocycles. The molecule has 1 saturated heterocycles. The molecule has 1 fully saturated rings. The van der Waals surface area contributed by atoms with E-state index in [0.717, 1.165) is 25.2 Å². The Bertz CT molecular complexity index is 899. The monoisotopic (exact) mass is 441 g/mol. The first kappa shape index (κ1) is 23.4. The predicted octanol–water partition coefficient (Wildman–Crippen LogP) is 2.48. The van der Waals surface area contributed by atoms with E-state index in [2.05, 4.69) is 22.3 Å². The van der Waals surface area contributed by atoms with Gasteiger partial charge in [-0.1, -0.05) is 30.7 Å². The number of hydrogen-bond donors (Lipinski definition) is 2. The first-order chi connectivity index (χ1) is 15.5. The summed E-state index contributed by atoms with van der Waals surface area (Å²) in [5.41, 5.74) is 7.79. The summed E-state index contributed by atoms with van der Waals surface area (Å²) in [7, 11) is 2.89. The van der Waals surface area contributed by atoms with Gasteiger partial charge >= 0.3 is 0 Å². The molecular weight excluding hydrogens is 410 g/mol. The largest absolute Gasteiger partial charge is 0.493 e. The molecule has 3 rings (SSSR count). The minimum absolute atomic E-state index is 0.217. The Morgan fingerprint density at radius 3 is 2.12 bits per heavy atom. The van der Waals surface area contributed by atoms with Crippen molar-refractivity contribution in [2.45, 2.75) is 32.4 Å². The summed E-state index contributed by atoms with van der Waals surface area (Å²) in [5.74, 6) is -0.136. The van der Waals surface area contributed by atoms with Crippen molar-refractivity contribution in [2.24, 2.45) is 5.73 Å². The average Bonchev–Trinajstić information content (AvgIpc) is 2.82. The van der Waals surface area contributed by atoms with Gasteiger partial charge in [0.25, 0.3) is 11.8 Å². The summed E-state index contributed by atoms with van der Waals surface area (Å²) in [5, 5.41) is 2.91. The lowest BCUT2D eigenvalue weighted by atomic mass is 10.1. The molecule has 0 bridgehead atoms. The summed E-state index contributed by atoms with van der Waals surface area (Å²) in [4.78, 5) is 26.2. The molecule has 0 aromatic heterocycles. The summed E-state index contributed by atoms with van der Waals surface area (Å²) in [6, 6.07) is 11.4. The average molecular weight is 442 g/mol. The second-order valence-electron chi connectivity index (χ2n) is 7.80. The number of amides is 2. The third-order valence-corrected chi connectivity index (χ3v) is 5.41. The lowest BCUT2D eigenvalue weighted by Gasteiger charge is -2.26. The summed E-state index contributed by atoms with van der Waals surface area (Å²) < 4.78 is 16.0. The van der Waals surface area contributed by atoms with Crippen LogP contribution in [0, 0.1) is 0 Å². The van der Waals surface area contributed by atoms with Crippen LogP contribution in [0.3, 0.4) is 0 Å². The summed E-state index contributed by atoms with van der Waals surface area (Å²) in [6.45, 7) is 3.37. The molecule has 2 aromatic carbocycles. The Balaban J connectivity index is 1.61. The van der Waals surface area contributed by atoms with Gasteiger partial charge in [0.1, 0.15) is 0 Å². The number of methoxy groups -OCH3 is 2. The Hall–Kier alpha value is -3.26. The molecule has 2 aromatic rings. The number of piperidine rings is 1. The van der Waals surface area contributed by atoms with Gasteiger partial charge in [0, 0.05) is 18.7 Å². The van der Waals surface area contributed by atoms with Crippen LogP contribution < -0.4 is 25.3 Å². The molecule has 0 unspecified atom stereocenters. The highest BCUT2D eigenvalue weighted by atomic mass is 16.5. The number of nitrogens with two attached hydrogens (primary N) is 1. The minimum atomic E-state index is -0.627. The third kappa shape index (κ3) is 6.37. The lowest BCUT2D eigenvalue weighted by Crippen LogP contribution is -2.29. The zero-order valence-electron chi connectivity index (χ0n) is 18.7. The third-order valence-electron chi connectivity index (χ3n) is 5.41. The van der Waals surface area contributed by atoms with Crippen molar-refractivity contribution in [3.05, 3.63) is 53.1 Å². The quantitative estimate of drug-likeness (QED) is 0.587. The van der Waals surface area contributed by atoms with Gasteiger partial charge in [0.2, 0.25) is 5.75 Å². The van der Waals surface area contributed by atoms with Gasteiger partial charge in [-0.25, -0.2) is 0 Å². The number of nitrogens with zero attached hydrogens (tertiary/aromatic N) is 1. The summed E-state index contributed by atoms with van der Waals surface area (Å²) >= 11 is 0. The zero-order valence-corrected chi connectivity index (χ0v) is 18.7. The van der Waals surface area contributed by atoms with E-state index in [1.807, 2.05) is 12.1 Å². The number of benzene rings is 2. The van der Waals surface area contributed by atoms with Crippen LogP contribution in [0.1, 0.15) is 40.7 Å². The van der Waals surface area contributed by atoms with E-state index in [-0.39, 0.29) is 29.8 Å². The van der Waals surface area contributed by atoms with Crippen LogP contribution in [0.5, 0.6) is 17.2 Å². The number of hydrogen-bond acceptors (Lipinski definition) is 6. The van der Waals surface area contributed by atoms with Gasteiger partial charge in [0.15, 0.2) is 18.1 Å². The first-order valence-corrected chi connectivity index (χ1v) is 10.8. The van der Waals surface area contributed by atoms with Crippen molar-refractivity contribution >= 4 is 11.8 Å². The van der Waals surface area contributed by atoms with E-state index in [1.54, 1.807) is 0 Å². The topological polar surface area (TPSA) is 103 Å². The Morgan fingerprint density at radius 1 is 0.969 bits per heavy atom. The minimum Gasteiger partial charge on any atom is -0.493 e. The van der Waals surface area contributed by atoms with Crippen molar-refractivity contribution < 1.29 is 23.8 Å². The highest BCUT2D eigenvalue weighted by molar-refractivity contribution is 5.95. The molecule has 1 aliphatic rings. The maximum Gasteiger partial charge on any atom is 0.255 e. The van der Waals surface area contributed by atoms with E-state index in [0.29, 0.717) is 12.1 Å². The highest BCUT2D eigenvalue weighted by Crippen LogP contribution is 2.38. The number of carbonyl (C=O) groups excluding carboxylic acids is 2. The molecule has 2 amide bonds. The van der Waals surface area contributed by atoms with Crippen LogP contribution in [0.2, 0.25) is 0 Å². The second kappa shape index (κ2) is 11.4. The van der Waals surface area contributed by atoms with E-state index >= 15 is 0 Å². The molecule has 8 heteroatoms. The Kier molecular flexibility index (Phi) is 8.33. The molecule has 1 aliphatic heterocycles. The fourth-order valence-corrected chi connectivity index (χ4v) is 3.72. The van der Waals surface area contributed by atoms with Gasteiger partial charge < -0.3 is 25.3 Å². The number of carbonyl (C=O) groups is 2. The molecule has 1 heterocycles. The predicted molar refractivity (Wildman–Crippen MR) is 121 cm³/mol. The molecule has 0 aliphatic carbocycles. The van der Waals surface area contributed by atoms with Crippen molar-refractivity contribution in [2.75, 3.05) is 33.9 Å². The van der Waals surface area contributed by atoms with Gasteiger partial charge in [-0.3, -0.25) is 14.5 Å². The first-order valence-electron chi connectivity index (χ1n) is 10.8. The van der Waals surface area contributed by atoms with E-state index < -0.39 is 5.91 Å². The van der Waals surface area contributed by atoms with Crippen molar-refractivity contribution in [1.29, 1.82) is 0 Å². The van der Waals surface area contributed by atoms with E-state index in [4.69, 9.17) is 19.9 Å². The van der Waals surface area contributed by atoms with Crippen molar-refractivity contribution in [3.8, 4) is 17.2 Å². The maximum atomic E-state index is 12.7. The molecule has 32 heavy (non-hydrogen) atoms. The fraction of sp³-hybridized carbons (Fsp3) is 0.417. The van der Waals surface area contributed by atoms with Gasteiger partial charge in [-0.05, 0) is 49.2 Å². The maximum absolute atomic E-state index is 12.7. The molecule has 172 valence electrons. The van der Waals surface area contributed by atoms with Gasteiger partial charge in [-0.2, -0.15) is 0 Å². The SMILES string of the molecule is COc1cc(C(=O)NCc2ccc(CN3CCCCC3)cc2)cc(OC)c1OCC(N)=O. The van der Waals surface area contributed by atoms with Gasteiger partial charge in [-0.15, -0.1) is 0 Å². The highest BCUT2D eigenvalue weighted by Gasteiger charge is 2.18. The van der Waals surface area contributed by atoms with E-state index in [1.165, 1.54) is 51.2 Å². The van der Waals surface area contributed by atoms with Crippen LogP contribution >= 0.6 is 0 Å². The molecule has 0 radical (unpaired) electrons. The van der Waals surface area contributed by atoms with Gasteiger partial charge in [0.05, 0.1) is 14.2 Å². The molecule has 0 atom stereocenters. The number of rotatable bonds is 10. The van der Waals surface area contributed by atoms with Crippen LogP contribution in [0.4, 0.5) is 0 Å². The van der Waals surface area contributed by atoms with Crippen LogP contribution in [-0.4, -0.2) is 50.6 Å². The Morgan fingerprint density at radius 2 is 1.56 bits per heavy atom. The Labute approximate surface area is 188 Å². The van der Waals surface area contributed by atoms with E-state index in [9.17, 15) is 9.59 Å². The van der Waals surface area contributed by atoms with Crippen molar-refractivity contribution in [3.63, 3.8) is 0 Å². The molecule has 8 nitrogen and oxygen atoms in total. The van der Waals surface area contributed by atoms with Crippen molar-refractivity contribution in [1.82, 2.24) is 10.2 Å². The lowest BCUT2D eigenvalue weighted by molar-refractivity contribution is -0.120. The van der Waals surface area contributed by atoms with Crippen LogP contribution in [0.25, 0.3) is 0 Å². The van der Waals surface area contributed by atoms with Crippen LogP contribution in [-0.2, 0) is 17.9 Å². The summed E-state index contributed by atoms with van der Waals surface area (Å²) in [6.07, 6.45) is 3.88. The molecule has 3 N–H and O–H groups in total. The van der Waals surface area contributed by atoms with Crippen LogP contribution in [0.15, 0.2) is 36.4 Å². The second-order valence-corrected chi connectivity index (χ2v) is 7.80. The smallest absolute Gasteiger partial charge is 0.255 e. The fourth-order valence-electron chi connectivity index (χ4n) is 3.72. The number of ether oxygens (including phenoxy) is 3. The molecule has 0 spiro atoms. The standard InChI is InChI=1S/C24H31N3O5/c1-30-20-12-19(13-21(31-2)23(20)32-16-22(25)28)24(29)26-14-17-6-8-18(9-7-17)15-27-10-4-3-5-11-27/h6-9,12-13H,3-5,10-11,14-16H2,1-2H3,(H2,25,28)(H,26,29). The normalized spacial score (nSPS) is 13.9. The number of nitrogens with one attached hydrogen (secondary N) is 1. The zero-order chi connectivity index (χ0) is 22.9. The number of primary amides is 1.